The molecule has 1 unspecified atom stereocenters. The summed E-state index contributed by atoms with van der Waals surface area (Å²) in [6, 6.07) is 18.1. The molecule has 0 nitrogen and oxygen atoms in total. The van der Waals surface area contributed by atoms with Crippen molar-refractivity contribution in [2.45, 2.75) is 47.0 Å². The predicted octanol–water partition coefficient (Wildman–Crippen LogP) is 6.71. The van der Waals surface area contributed by atoms with Gasteiger partial charge in [0.15, 0.2) is 0 Å². The summed E-state index contributed by atoms with van der Waals surface area (Å²) in [6.45, 7) is 9.99. The van der Waals surface area contributed by atoms with Gasteiger partial charge in [0.2, 0.25) is 0 Å². The molecule has 0 aliphatic heterocycles. The molecular formula is C26H28. The van der Waals surface area contributed by atoms with Crippen molar-refractivity contribution < 1.29 is 0 Å². The summed E-state index contributed by atoms with van der Waals surface area (Å²) in [4.78, 5) is 0. The molecule has 26 heavy (non-hydrogen) atoms. The van der Waals surface area contributed by atoms with E-state index in [1.165, 1.54) is 28.7 Å². The molecular weight excluding hydrogens is 312 g/mol. The van der Waals surface area contributed by atoms with Crippen molar-refractivity contribution in [1.82, 2.24) is 0 Å². The van der Waals surface area contributed by atoms with Crippen LogP contribution in [0.5, 0.6) is 0 Å². The Labute approximate surface area is 157 Å². The minimum Gasteiger partial charge on any atom is -0.0759 e. The minimum atomic E-state index is 0.180. The Morgan fingerprint density at radius 3 is 2.23 bits per heavy atom. The van der Waals surface area contributed by atoms with Crippen LogP contribution >= 0.6 is 0 Å². The standard InChI is InChI=1S/C26H28/c1-25(2)16-22-20-12-8-6-10-18(20)15-23(22)26(3,4)24(25)21-14-13-17-9-5-7-11-19(17)21/h5-12,14,24H,13,15-16H2,1-4H3. The molecule has 0 bridgehead atoms. The fourth-order valence-corrected chi connectivity index (χ4v) is 6.35. The highest BCUT2D eigenvalue weighted by Gasteiger charge is 2.51. The monoisotopic (exact) mass is 340 g/mol. The Balaban J connectivity index is 1.66. The van der Waals surface area contributed by atoms with Crippen molar-refractivity contribution in [1.29, 1.82) is 0 Å². The van der Waals surface area contributed by atoms with Gasteiger partial charge in [-0.3, -0.25) is 0 Å². The lowest BCUT2D eigenvalue weighted by atomic mass is 9.52. The van der Waals surface area contributed by atoms with Gasteiger partial charge in [-0.05, 0) is 69.4 Å². The molecule has 0 aromatic heterocycles. The van der Waals surface area contributed by atoms with Crippen LogP contribution < -0.4 is 0 Å². The van der Waals surface area contributed by atoms with Crippen LogP contribution in [0.3, 0.4) is 0 Å². The third-order valence-corrected chi connectivity index (χ3v) is 7.17. The van der Waals surface area contributed by atoms with Gasteiger partial charge < -0.3 is 0 Å². The summed E-state index contributed by atoms with van der Waals surface area (Å²) >= 11 is 0. The van der Waals surface area contributed by atoms with Crippen LogP contribution in [0, 0.1) is 16.7 Å². The summed E-state index contributed by atoms with van der Waals surface area (Å²) < 4.78 is 0. The highest BCUT2D eigenvalue weighted by atomic mass is 14.5. The highest BCUT2D eigenvalue weighted by Crippen LogP contribution is 2.63. The summed E-state index contributed by atoms with van der Waals surface area (Å²) in [5, 5.41) is 0. The SMILES string of the molecule is CC1(C)CC2=C(Cc3ccccc32)C(C)(C)C1C1=CCc2ccccc21. The number of hydrogen-bond acceptors (Lipinski definition) is 0. The van der Waals surface area contributed by atoms with Gasteiger partial charge in [-0.1, -0.05) is 87.9 Å². The first kappa shape index (κ1) is 16.1. The minimum absolute atomic E-state index is 0.180. The fraction of sp³-hybridized carbons (Fsp3) is 0.385. The molecule has 0 spiro atoms. The third-order valence-electron chi connectivity index (χ3n) is 7.17. The van der Waals surface area contributed by atoms with E-state index in [4.69, 9.17) is 0 Å². The molecule has 2 aromatic carbocycles. The lowest BCUT2D eigenvalue weighted by Crippen LogP contribution is -2.42. The average Bonchev–Trinajstić information content (AvgIpc) is 3.17. The van der Waals surface area contributed by atoms with Crippen molar-refractivity contribution in [3.8, 4) is 0 Å². The third kappa shape index (κ3) is 2.08. The van der Waals surface area contributed by atoms with E-state index in [2.05, 4.69) is 82.3 Å². The van der Waals surface area contributed by atoms with Crippen LogP contribution in [0.1, 0.15) is 56.4 Å². The number of benzene rings is 2. The normalized spacial score (nSPS) is 24.8. The molecule has 5 rings (SSSR count). The van der Waals surface area contributed by atoms with Crippen LogP contribution in [0.15, 0.2) is 60.2 Å². The maximum Gasteiger partial charge on any atom is -0.00155 e. The van der Waals surface area contributed by atoms with Crippen LogP contribution in [0.25, 0.3) is 11.1 Å². The highest BCUT2D eigenvalue weighted by molar-refractivity contribution is 5.83. The topological polar surface area (TPSA) is 0 Å². The number of allylic oxidation sites excluding steroid dienone is 4. The van der Waals surface area contributed by atoms with E-state index < -0.39 is 0 Å². The molecule has 0 N–H and O–H groups in total. The Morgan fingerprint density at radius 2 is 1.46 bits per heavy atom. The summed E-state index contributed by atoms with van der Waals surface area (Å²) in [5.41, 5.74) is 11.4. The second-order valence-corrected chi connectivity index (χ2v) is 9.63. The van der Waals surface area contributed by atoms with Gasteiger partial charge in [0, 0.05) is 0 Å². The number of rotatable bonds is 1. The molecule has 132 valence electrons. The molecule has 0 heterocycles. The fourth-order valence-electron chi connectivity index (χ4n) is 6.35. The molecule has 0 radical (unpaired) electrons. The Hall–Kier alpha value is -2.08. The van der Waals surface area contributed by atoms with Gasteiger partial charge in [0.05, 0.1) is 0 Å². The van der Waals surface area contributed by atoms with Gasteiger partial charge >= 0.3 is 0 Å². The predicted molar refractivity (Wildman–Crippen MR) is 111 cm³/mol. The van der Waals surface area contributed by atoms with Gasteiger partial charge in [0.1, 0.15) is 0 Å². The van der Waals surface area contributed by atoms with Crippen LogP contribution in [-0.2, 0) is 12.8 Å². The van der Waals surface area contributed by atoms with E-state index in [1.54, 1.807) is 16.7 Å². The smallest absolute Gasteiger partial charge is 0.00155 e. The molecule has 0 heteroatoms. The first-order chi connectivity index (χ1) is 12.4. The van der Waals surface area contributed by atoms with E-state index in [0.717, 1.165) is 12.8 Å². The van der Waals surface area contributed by atoms with Crippen molar-refractivity contribution >= 4 is 11.1 Å². The van der Waals surface area contributed by atoms with Crippen molar-refractivity contribution in [3.63, 3.8) is 0 Å². The zero-order chi connectivity index (χ0) is 18.1. The van der Waals surface area contributed by atoms with Crippen molar-refractivity contribution in [3.05, 3.63) is 82.4 Å². The largest absolute Gasteiger partial charge is 0.0759 e. The molecule has 0 saturated carbocycles. The Bertz CT molecular complexity index is 965. The van der Waals surface area contributed by atoms with E-state index in [9.17, 15) is 0 Å². The van der Waals surface area contributed by atoms with E-state index in [-0.39, 0.29) is 10.8 Å². The van der Waals surface area contributed by atoms with E-state index in [1.807, 2.05) is 0 Å². The van der Waals surface area contributed by atoms with Crippen molar-refractivity contribution in [2.75, 3.05) is 0 Å². The lowest BCUT2D eigenvalue weighted by molar-refractivity contribution is 0.143. The van der Waals surface area contributed by atoms with Crippen LogP contribution in [0.2, 0.25) is 0 Å². The van der Waals surface area contributed by atoms with Crippen molar-refractivity contribution in [2.24, 2.45) is 16.7 Å². The molecule has 0 fully saturated rings. The first-order valence-corrected chi connectivity index (χ1v) is 9.99. The second-order valence-electron chi connectivity index (χ2n) is 9.63. The summed E-state index contributed by atoms with van der Waals surface area (Å²) in [5.74, 6) is 0.562. The maximum atomic E-state index is 2.52. The Kier molecular flexibility index (Phi) is 3.24. The molecule has 0 saturated heterocycles. The quantitative estimate of drug-likeness (QED) is 0.541. The molecule has 1 atom stereocenters. The van der Waals surface area contributed by atoms with Crippen LogP contribution in [0.4, 0.5) is 0 Å². The average molecular weight is 341 g/mol. The number of fused-ring (bicyclic) bond motifs is 3. The molecule has 3 aliphatic rings. The van der Waals surface area contributed by atoms with Gasteiger partial charge in [-0.15, -0.1) is 0 Å². The zero-order valence-electron chi connectivity index (χ0n) is 16.4. The van der Waals surface area contributed by atoms with Crippen LogP contribution in [-0.4, -0.2) is 0 Å². The van der Waals surface area contributed by atoms with Gasteiger partial charge in [-0.2, -0.15) is 0 Å². The first-order valence-electron chi connectivity index (χ1n) is 9.99. The second kappa shape index (κ2) is 5.22. The Morgan fingerprint density at radius 1 is 0.808 bits per heavy atom. The van der Waals surface area contributed by atoms with E-state index in [0.29, 0.717) is 5.92 Å². The summed E-state index contributed by atoms with van der Waals surface area (Å²) in [7, 11) is 0. The molecule has 0 amide bonds. The van der Waals surface area contributed by atoms with Gasteiger partial charge in [0.25, 0.3) is 0 Å². The molecule has 2 aromatic rings. The zero-order valence-corrected chi connectivity index (χ0v) is 16.4. The summed E-state index contributed by atoms with van der Waals surface area (Å²) in [6.07, 6.45) is 5.94. The molecule has 3 aliphatic carbocycles. The number of hydrogen-bond donors (Lipinski definition) is 0. The maximum absolute atomic E-state index is 2.52. The lowest BCUT2D eigenvalue weighted by Gasteiger charge is -2.51. The van der Waals surface area contributed by atoms with Gasteiger partial charge in [-0.25, -0.2) is 0 Å². The van der Waals surface area contributed by atoms with E-state index >= 15 is 0 Å².